The minimum atomic E-state index is -4.83. The highest BCUT2D eigenvalue weighted by Gasteiger charge is 2.50. The molecule has 0 spiro atoms. The number of anilines is 2. The molecule has 0 aromatic heterocycles. The maximum atomic E-state index is 14.2. The van der Waals surface area contributed by atoms with Gasteiger partial charge < -0.3 is 10.0 Å². The number of thiocarbonyl (C=S) groups is 1. The van der Waals surface area contributed by atoms with Gasteiger partial charge in [0.2, 0.25) is 0 Å². The summed E-state index contributed by atoms with van der Waals surface area (Å²) in [5.41, 5.74) is -3.99. The van der Waals surface area contributed by atoms with Gasteiger partial charge in [-0.25, -0.2) is 14.0 Å². The number of hydrogen-bond acceptors (Lipinski definition) is 3. The van der Waals surface area contributed by atoms with Crippen LogP contribution in [0.15, 0.2) is 36.4 Å². The second-order valence-electron chi connectivity index (χ2n) is 7.10. The van der Waals surface area contributed by atoms with Crippen LogP contribution in [0.3, 0.4) is 0 Å². The highest BCUT2D eigenvalue weighted by Crippen LogP contribution is 2.42. The Morgan fingerprint density at radius 1 is 1.16 bits per heavy atom. The van der Waals surface area contributed by atoms with Gasteiger partial charge in [-0.2, -0.15) is 13.2 Å². The Labute approximate surface area is 179 Å². The minimum absolute atomic E-state index is 0.0576. The molecule has 1 fully saturated rings. The van der Waals surface area contributed by atoms with Gasteiger partial charge in [-0.05, 0) is 56.4 Å². The van der Waals surface area contributed by atoms with Gasteiger partial charge in [-0.1, -0.05) is 6.07 Å². The van der Waals surface area contributed by atoms with Crippen LogP contribution in [0.5, 0.6) is 0 Å². The van der Waals surface area contributed by atoms with Crippen molar-refractivity contribution in [3.8, 4) is 0 Å². The van der Waals surface area contributed by atoms with Crippen LogP contribution >= 0.6 is 12.2 Å². The van der Waals surface area contributed by atoms with Gasteiger partial charge >= 0.3 is 12.1 Å². The molecule has 31 heavy (non-hydrogen) atoms. The summed E-state index contributed by atoms with van der Waals surface area (Å²) in [6.07, 6.45) is -4.83. The summed E-state index contributed by atoms with van der Waals surface area (Å²) in [7, 11) is 0. The molecule has 3 rings (SSSR count). The molecule has 0 atom stereocenters. The second-order valence-corrected chi connectivity index (χ2v) is 7.46. The molecule has 0 bridgehead atoms. The van der Waals surface area contributed by atoms with E-state index in [2.05, 4.69) is 4.85 Å². The third-order valence-electron chi connectivity index (χ3n) is 4.77. The van der Waals surface area contributed by atoms with Gasteiger partial charge in [0.25, 0.3) is 5.91 Å². The first-order chi connectivity index (χ1) is 14.3. The maximum absolute atomic E-state index is 14.2. The molecule has 0 radical (unpaired) electrons. The average Bonchev–Trinajstić information content (AvgIpc) is 2.84. The number of alkyl halides is 3. The van der Waals surface area contributed by atoms with Crippen LogP contribution in [0, 0.1) is 12.4 Å². The molecule has 1 heterocycles. The fourth-order valence-electron chi connectivity index (χ4n) is 3.26. The van der Waals surface area contributed by atoms with Crippen molar-refractivity contribution in [1.29, 1.82) is 0 Å². The number of carbonyl (C=O) groups excluding carboxylic acids is 1. The number of rotatable bonds is 3. The zero-order valence-electron chi connectivity index (χ0n) is 16.0. The molecule has 1 amide bonds. The van der Waals surface area contributed by atoms with E-state index in [9.17, 15) is 27.2 Å². The van der Waals surface area contributed by atoms with Crippen molar-refractivity contribution in [2.24, 2.45) is 0 Å². The number of aromatic carboxylic acids is 1. The fourth-order valence-corrected chi connectivity index (χ4v) is 3.78. The fraction of sp³-hybridized carbons (Fsp3) is 0.200. The number of carboxylic acid groups (broad SMARTS) is 1. The summed E-state index contributed by atoms with van der Waals surface area (Å²) in [6.45, 7) is 9.83. The number of carboxylic acids is 1. The van der Waals surface area contributed by atoms with Gasteiger partial charge in [-0.3, -0.25) is 9.69 Å². The lowest BCUT2D eigenvalue weighted by Gasteiger charge is -2.29. The summed E-state index contributed by atoms with van der Waals surface area (Å²) >= 11 is 5.33. The summed E-state index contributed by atoms with van der Waals surface area (Å²) in [6, 6.07) is 5.91. The van der Waals surface area contributed by atoms with E-state index in [-0.39, 0.29) is 16.5 Å². The van der Waals surface area contributed by atoms with Crippen molar-refractivity contribution < 1.29 is 32.3 Å². The lowest BCUT2D eigenvalue weighted by Crippen LogP contribution is -2.44. The van der Waals surface area contributed by atoms with Gasteiger partial charge in [0.1, 0.15) is 11.4 Å². The van der Waals surface area contributed by atoms with Crippen molar-refractivity contribution in [3.63, 3.8) is 0 Å². The van der Waals surface area contributed by atoms with E-state index in [1.54, 1.807) is 0 Å². The van der Waals surface area contributed by atoms with E-state index in [1.807, 2.05) is 0 Å². The van der Waals surface area contributed by atoms with Gasteiger partial charge in [0.05, 0.1) is 17.7 Å². The normalized spacial score (nSPS) is 15.9. The first-order valence-corrected chi connectivity index (χ1v) is 9.02. The van der Waals surface area contributed by atoms with Crippen LogP contribution in [-0.4, -0.2) is 27.6 Å². The molecule has 1 N–H and O–H groups in total. The van der Waals surface area contributed by atoms with Crippen LogP contribution in [-0.2, 0) is 11.0 Å². The smallest absolute Gasteiger partial charge is 0.407 e. The Bertz CT molecular complexity index is 1170. The van der Waals surface area contributed by atoms with E-state index >= 15 is 0 Å². The molecular weight excluding hydrogens is 438 g/mol. The topological polar surface area (TPSA) is 65.2 Å². The molecule has 2 aromatic carbocycles. The third kappa shape index (κ3) is 3.59. The van der Waals surface area contributed by atoms with Gasteiger partial charge in [-0.15, -0.1) is 0 Å². The van der Waals surface area contributed by atoms with E-state index in [1.165, 1.54) is 30.9 Å². The molecule has 1 aliphatic heterocycles. The zero-order chi connectivity index (χ0) is 23.3. The van der Waals surface area contributed by atoms with E-state index in [0.29, 0.717) is 6.07 Å². The van der Waals surface area contributed by atoms with Gasteiger partial charge in [0, 0.05) is 11.4 Å². The molecule has 0 saturated carbocycles. The van der Waals surface area contributed by atoms with Crippen LogP contribution in [0.25, 0.3) is 4.85 Å². The minimum Gasteiger partial charge on any atom is -0.478 e. The molecule has 1 aliphatic rings. The van der Waals surface area contributed by atoms with Crippen LogP contribution in [0.1, 0.15) is 29.8 Å². The summed E-state index contributed by atoms with van der Waals surface area (Å²) in [5.74, 6) is -3.22. The lowest BCUT2D eigenvalue weighted by molar-refractivity contribution is -0.136. The van der Waals surface area contributed by atoms with E-state index in [4.69, 9.17) is 23.9 Å². The average molecular weight is 451 g/mol. The monoisotopic (exact) mass is 451 g/mol. The predicted molar refractivity (Wildman–Crippen MR) is 108 cm³/mol. The van der Waals surface area contributed by atoms with E-state index < -0.39 is 46.2 Å². The Morgan fingerprint density at radius 3 is 2.29 bits per heavy atom. The van der Waals surface area contributed by atoms with Crippen molar-refractivity contribution >= 4 is 46.3 Å². The third-order valence-corrected chi connectivity index (χ3v) is 5.14. The van der Waals surface area contributed by atoms with Crippen molar-refractivity contribution in [3.05, 3.63) is 64.8 Å². The van der Waals surface area contributed by atoms with Crippen LogP contribution < -0.4 is 9.80 Å². The number of benzene rings is 2. The molecule has 0 unspecified atom stereocenters. The molecule has 11 heteroatoms. The lowest BCUT2D eigenvalue weighted by atomic mass is 10.0. The number of carbonyl (C=O) groups is 2. The Balaban J connectivity index is 2.12. The quantitative estimate of drug-likeness (QED) is 0.404. The Morgan fingerprint density at radius 2 is 1.77 bits per heavy atom. The Kier molecular flexibility index (Phi) is 5.23. The summed E-state index contributed by atoms with van der Waals surface area (Å²) in [4.78, 5) is 29.1. The molecule has 1 saturated heterocycles. The number of hydrogen-bond donors (Lipinski definition) is 1. The number of amides is 1. The SMILES string of the molecule is [C-]#[N+]c1ccc(N2C(=O)C(C)(C)N(c3ccc(C(=O)O)c(F)c3)C2=S)cc1C(F)(F)F. The Hall–Kier alpha value is -3.52. The molecule has 0 aliphatic carbocycles. The molecular formula is C20H13F4N3O3S. The number of halogens is 4. The van der Waals surface area contributed by atoms with Crippen molar-refractivity contribution in [2.45, 2.75) is 25.6 Å². The van der Waals surface area contributed by atoms with Crippen molar-refractivity contribution in [1.82, 2.24) is 0 Å². The molecule has 160 valence electrons. The summed E-state index contributed by atoms with van der Waals surface area (Å²) < 4.78 is 54.3. The first kappa shape index (κ1) is 22.2. The largest absolute Gasteiger partial charge is 0.478 e. The highest BCUT2D eigenvalue weighted by atomic mass is 32.1. The molecule has 2 aromatic rings. The van der Waals surface area contributed by atoms with Crippen LogP contribution in [0.2, 0.25) is 0 Å². The van der Waals surface area contributed by atoms with Gasteiger partial charge in [0.15, 0.2) is 10.8 Å². The highest BCUT2D eigenvalue weighted by molar-refractivity contribution is 7.81. The van der Waals surface area contributed by atoms with Crippen molar-refractivity contribution in [2.75, 3.05) is 9.80 Å². The van der Waals surface area contributed by atoms with Crippen LogP contribution in [0.4, 0.5) is 34.6 Å². The van der Waals surface area contributed by atoms with E-state index in [0.717, 1.165) is 23.1 Å². The predicted octanol–water partition coefficient (Wildman–Crippen LogP) is 5.01. The summed E-state index contributed by atoms with van der Waals surface area (Å²) in [5, 5.41) is 8.77. The standard InChI is InChI=1S/C20H13F4N3O3S/c1-19(2)17(30)26(10-5-7-15(25-3)13(8-10)20(22,23)24)18(31)27(19)11-4-6-12(16(28)29)14(21)9-11/h4-9H,1-2H3,(H,28,29). The zero-order valence-corrected chi connectivity index (χ0v) is 16.8. The second kappa shape index (κ2) is 7.31. The first-order valence-electron chi connectivity index (χ1n) is 8.61. The molecule has 6 nitrogen and oxygen atoms in total. The maximum Gasteiger partial charge on any atom is 0.407 e. The number of nitrogens with zero attached hydrogens (tertiary/aromatic N) is 3.